The van der Waals surface area contributed by atoms with Crippen LogP contribution < -0.4 is 10.6 Å². The first kappa shape index (κ1) is 14.5. The molecular weight excluding hydrogens is 276 g/mol. The SMILES string of the molecule is CNc1nc(NCC(C)(C)SC)nc(-n2cncn2)n1. The maximum atomic E-state index is 4.34. The topological polar surface area (TPSA) is 93.4 Å². The highest BCUT2D eigenvalue weighted by Gasteiger charge is 2.17. The third-order valence-electron chi connectivity index (χ3n) is 2.70. The molecule has 9 heteroatoms. The van der Waals surface area contributed by atoms with Crippen molar-refractivity contribution in [2.24, 2.45) is 0 Å². The van der Waals surface area contributed by atoms with Crippen LogP contribution in [0.4, 0.5) is 11.9 Å². The van der Waals surface area contributed by atoms with Crippen LogP contribution in [0.25, 0.3) is 5.95 Å². The summed E-state index contributed by atoms with van der Waals surface area (Å²) in [5, 5.41) is 10.2. The average Bonchev–Trinajstić information content (AvgIpc) is 2.99. The normalized spacial score (nSPS) is 11.4. The lowest BCUT2D eigenvalue weighted by Gasteiger charge is -2.22. The second-order valence-corrected chi connectivity index (χ2v) is 6.20. The van der Waals surface area contributed by atoms with Gasteiger partial charge < -0.3 is 10.6 Å². The molecule has 20 heavy (non-hydrogen) atoms. The summed E-state index contributed by atoms with van der Waals surface area (Å²) in [5.74, 6) is 1.42. The zero-order valence-corrected chi connectivity index (χ0v) is 12.8. The van der Waals surface area contributed by atoms with Crippen molar-refractivity contribution in [3.05, 3.63) is 12.7 Å². The highest BCUT2D eigenvalue weighted by atomic mass is 32.2. The third-order valence-corrected chi connectivity index (χ3v) is 3.95. The first-order valence-electron chi connectivity index (χ1n) is 6.12. The maximum Gasteiger partial charge on any atom is 0.258 e. The fourth-order valence-corrected chi connectivity index (χ4v) is 1.55. The number of thioether (sulfide) groups is 1. The standard InChI is InChI=1S/C11H18N8S/c1-11(2,20-4)5-14-9-16-8(12-3)17-10(18-9)19-7-13-6-15-19/h6-7H,5H2,1-4H3,(H2,12,14,16,17,18). The Labute approximate surface area is 121 Å². The Morgan fingerprint density at radius 2 is 2.00 bits per heavy atom. The fourth-order valence-electron chi connectivity index (χ4n) is 1.33. The van der Waals surface area contributed by atoms with Crippen LogP contribution in [0, 0.1) is 0 Å². The Balaban J connectivity index is 2.23. The van der Waals surface area contributed by atoms with Gasteiger partial charge in [0.2, 0.25) is 11.9 Å². The predicted molar refractivity (Wildman–Crippen MR) is 80.4 cm³/mol. The Morgan fingerprint density at radius 3 is 2.60 bits per heavy atom. The van der Waals surface area contributed by atoms with Gasteiger partial charge in [-0.25, -0.2) is 4.98 Å². The lowest BCUT2D eigenvalue weighted by molar-refractivity contribution is 0.740. The summed E-state index contributed by atoms with van der Waals surface area (Å²) in [6, 6.07) is 0. The summed E-state index contributed by atoms with van der Waals surface area (Å²) in [4.78, 5) is 16.8. The largest absolute Gasteiger partial charge is 0.357 e. The first-order valence-corrected chi connectivity index (χ1v) is 7.34. The number of nitrogens with zero attached hydrogens (tertiary/aromatic N) is 6. The number of hydrogen-bond acceptors (Lipinski definition) is 8. The molecule has 2 N–H and O–H groups in total. The van der Waals surface area contributed by atoms with E-state index in [9.17, 15) is 0 Å². The van der Waals surface area contributed by atoms with Crippen LogP contribution in [0.1, 0.15) is 13.8 Å². The van der Waals surface area contributed by atoms with Crippen LogP contribution in [0.5, 0.6) is 0 Å². The van der Waals surface area contributed by atoms with Crippen molar-refractivity contribution in [1.29, 1.82) is 0 Å². The maximum absolute atomic E-state index is 4.34. The molecule has 0 atom stereocenters. The van der Waals surface area contributed by atoms with Crippen molar-refractivity contribution in [2.75, 3.05) is 30.5 Å². The Bertz CT molecular complexity index is 554. The van der Waals surface area contributed by atoms with Crippen molar-refractivity contribution in [1.82, 2.24) is 29.7 Å². The van der Waals surface area contributed by atoms with Crippen LogP contribution in [-0.4, -0.2) is 54.3 Å². The quantitative estimate of drug-likeness (QED) is 0.816. The number of hydrogen-bond donors (Lipinski definition) is 2. The molecule has 0 amide bonds. The first-order chi connectivity index (χ1) is 9.54. The van der Waals surface area contributed by atoms with Gasteiger partial charge >= 0.3 is 0 Å². The zero-order chi connectivity index (χ0) is 14.6. The van der Waals surface area contributed by atoms with E-state index in [0.29, 0.717) is 17.8 Å². The summed E-state index contributed by atoms with van der Waals surface area (Å²) < 4.78 is 1.59. The Hall–Kier alpha value is -1.90. The molecule has 108 valence electrons. The minimum absolute atomic E-state index is 0.0971. The second kappa shape index (κ2) is 6.04. The van der Waals surface area contributed by atoms with E-state index in [4.69, 9.17) is 0 Å². The molecule has 2 rings (SSSR count). The summed E-state index contributed by atoms with van der Waals surface area (Å²) in [7, 11) is 1.76. The van der Waals surface area contributed by atoms with Gasteiger partial charge in [0, 0.05) is 18.3 Å². The van der Waals surface area contributed by atoms with Crippen LogP contribution in [0.3, 0.4) is 0 Å². The number of anilines is 2. The van der Waals surface area contributed by atoms with E-state index >= 15 is 0 Å². The van der Waals surface area contributed by atoms with Gasteiger partial charge in [-0.15, -0.1) is 0 Å². The van der Waals surface area contributed by atoms with E-state index in [0.717, 1.165) is 6.54 Å². The number of rotatable bonds is 6. The molecule has 0 saturated heterocycles. The van der Waals surface area contributed by atoms with Gasteiger partial charge in [0.05, 0.1) is 0 Å². The van der Waals surface area contributed by atoms with Gasteiger partial charge in [-0.3, -0.25) is 0 Å². The molecular formula is C11H18N8S. The minimum Gasteiger partial charge on any atom is -0.357 e. The van der Waals surface area contributed by atoms with Crippen LogP contribution in [0.2, 0.25) is 0 Å². The molecule has 0 aliphatic heterocycles. The van der Waals surface area contributed by atoms with Crippen molar-refractivity contribution < 1.29 is 0 Å². The summed E-state index contributed by atoms with van der Waals surface area (Å²) >= 11 is 1.78. The molecule has 0 bridgehead atoms. The lowest BCUT2D eigenvalue weighted by atomic mass is 10.2. The number of nitrogens with one attached hydrogen (secondary N) is 2. The highest BCUT2D eigenvalue weighted by Crippen LogP contribution is 2.21. The molecule has 2 aromatic rings. The molecule has 0 spiro atoms. The minimum atomic E-state index is 0.0971. The van der Waals surface area contributed by atoms with Gasteiger partial charge in [-0.05, 0) is 20.1 Å². The van der Waals surface area contributed by atoms with Gasteiger partial charge in [0.1, 0.15) is 12.7 Å². The van der Waals surface area contributed by atoms with Crippen LogP contribution >= 0.6 is 11.8 Å². The second-order valence-electron chi connectivity index (χ2n) is 4.69. The fraction of sp³-hybridized carbons (Fsp3) is 0.545. The zero-order valence-electron chi connectivity index (χ0n) is 12.0. The highest BCUT2D eigenvalue weighted by molar-refractivity contribution is 7.99. The van der Waals surface area contributed by atoms with Gasteiger partial charge in [-0.1, -0.05) is 0 Å². The molecule has 0 saturated carbocycles. The van der Waals surface area contributed by atoms with E-state index in [2.05, 4.69) is 55.8 Å². The van der Waals surface area contributed by atoms with Gasteiger partial charge in [-0.2, -0.15) is 36.5 Å². The molecule has 0 fully saturated rings. The van der Waals surface area contributed by atoms with Crippen molar-refractivity contribution in [3.63, 3.8) is 0 Å². The van der Waals surface area contributed by atoms with Crippen molar-refractivity contribution in [3.8, 4) is 5.95 Å². The summed E-state index contributed by atoms with van der Waals surface area (Å²) in [5.41, 5.74) is 0. The molecule has 0 unspecified atom stereocenters. The smallest absolute Gasteiger partial charge is 0.258 e. The third kappa shape index (κ3) is 3.56. The molecule has 0 radical (unpaired) electrons. The van der Waals surface area contributed by atoms with E-state index in [1.165, 1.54) is 11.0 Å². The molecule has 0 aliphatic carbocycles. The van der Waals surface area contributed by atoms with E-state index in [1.54, 1.807) is 25.1 Å². The summed E-state index contributed by atoms with van der Waals surface area (Å²) in [6.07, 6.45) is 5.06. The van der Waals surface area contributed by atoms with E-state index in [-0.39, 0.29) is 4.75 Å². The predicted octanol–water partition coefficient (Wildman–Crippen LogP) is 1.05. The molecule has 2 heterocycles. The van der Waals surface area contributed by atoms with Gasteiger partial charge in [0.15, 0.2) is 0 Å². The van der Waals surface area contributed by atoms with Crippen molar-refractivity contribution >= 4 is 23.7 Å². The molecule has 2 aromatic heterocycles. The lowest BCUT2D eigenvalue weighted by Crippen LogP contribution is -2.27. The monoisotopic (exact) mass is 294 g/mol. The molecule has 0 aliphatic rings. The van der Waals surface area contributed by atoms with E-state index < -0.39 is 0 Å². The average molecular weight is 294 g/mol. The van der Waals surface area contributed by atoms with Crippen LogP contribution in [0.15, 0.2) is 12.7 Å². The Morgan fingerprint density at radius 1 is 1.25 bits per heavy atom. The van der Waals surface area contributed by atoms with Crippen molar-refractivity contribution in [2.45, 2.75) is 18.6 Å². The Kier molecular flexibility index (Phi) is 4.38. The van der Waals surface area contributed by atoms with Crippen LogP contribution in [-0.2, 0) is 0 Å². The molecule has 8 nitrogen and oxygen atoms in total. The van der Waals surface area contributed by atoms with E-state index in [1.807, 2.05) is 0 Å². The van der Waals surface area contributed by atoms with Gasteiger partial charge in [0.25, 0.3) is 5.95 Å². The molecule has 0 aromatic carbocycles. The number of aromatic nitrogens is 6. The summed E-state index contributed by atoms with van der Waals surface area (Å²) in [6.45, 7) is 5.06.